The van der Waals surface area contributed by atoms with E-state index in [1.165, 1.54) is 23.5 Å². The molecule has 0 saturated heterocycles. The van der Waals surface area contributed by atoms with Gasteiger partial charge < -0.3 is 11.5 Å². The van der Waals surface area contributed by atoms with Gasteiger partial charge in [0.15, 0.2) is 0 Å². The maximum absolute atomic E-state index is 9.36. The molecule has 2 rings (SSSR count). The van der Waals surface area contributed by atoms with Crippen LogP contribution in [0.2, 0.25) is 0 Å². The van der Waals surface area contributed by atoms with Gasteiger partial charge in [-0.25, -0.2) is 0 Å². The Morgan fingerprint density at radius 1 is 0.875 bits per heavy atom. The van der Waals surface area contributed by atoms with Crippen LogP contribution in [-0.2, 0) is 0 Å². The molecule has 2 aromatic rings. The lowest BCUT2D eigenvalue weighted by Gasteiger charge is -2.04. The molecule has 0 saturated carbocycles. The molecule has 0 atom stereocenters. The van der Waals surface area contributed by atoms with Gasteiger partial charge in [0.05, 0.1) is 5.57 Å². The number of nitrogens with two attached hydrogens (primary N) is 2. The number of anilines is 2. The first-order valence-electron chi connectivity index (χ1n) is 6.90. The van der Waals surface area contributed by atoms with Crippen molar-refractivity contribution in [2.45, 2.75) is 9.79 Å². The van der Waals surface area contributed by atoms with Crippen molar-refractivity contribution in [3.8, 4) is 12.1 Å². The number of benzene rings is 2. The zero-order valence-electron chi connectivity index (χ0n) is 12.6. The second-order valence-electron chi connectivity index (χ2n) is 4.56. The normalized spacial score (nSPS) is 11.6. The average molecular weight is 350 g/mol. The lowest BCUT2D eigenvalue weighted by molar-refractivity contribution is 1.45. The van der Waals surface area contributed by atoms with E-state index in [4.69, 9.17) is 11.5 Å². The van der Waals surface area contributed by atoms with Gasteiger partial charge in [0.2, 0.25) is 0 Å². The standard InChI is InChI=1S/C18H14N4S2/c19-11-13(9-10-23-16-7-3-1-5-14(16)21)18(12-20)24-17-8-4-2-6-15(17)22/h1-10H,21-22H2. The van der Waals surface area contributed by atoms with Gasteiger partial charge in [0.25, 0.3) is 0 Å². The molecule has 24 heavy (non-hydrogen) atoms. The van der Waals surface area contributed by atoms with Crippen molar-refractivity contribution in [1.29, 1.82) is 10.5 Å². The minimum atomic E-state index is 0.285. The zero-order valence-corrected chi connectivity index (χ0v) is 14.3. The van der Waals surface area contributed by atoms with Crippen LogP contribution in [0, 0.1) is 22.7 Å². The number of nitrogen functional groups attached to an aromatic ring is 2. The number of nitrogens with zero attached hydrogens (tertiary/aromatic N) is 2. The molecule has 6 heteroatoms. The molecule has 4 nitrogen and oxygen atoms in total. The third-order valence-electron chi connectivity index (χ3n) is 2.95. The van der Waals surface area contributed by atoms with Gasteiger partial charge in [-0.05, 0) is 35.7 Å². The fourth-order valence-electron chi connectivity index (χ4n) is 1.75. The number of thioether (sulfide) groups is 2. The first-order chi connectivity index (χ1) is 11.7. The highest BCUT2D eigenvalue weighted by molar-refractivity contribution is 8.03. The highest BCUT2D eigenvalue weighted by Gasteiger charge is 2.08. The van der Waals surface area contributed by atoms with Crippen molar-refractivity contribution >= 4 is 34.9 Å². The van der Waals surface area contributed by atoms with Gasteiger partial charge in [0, 0.05) is 21.2 Å². The summed E-state index contributed by atoms with van der Waals surface area (Å²) in [5, 5.41) is 20.4. The monoisotopic (exact) mass is 350 g/mol. The van der Waals surface area contributed by atoms with Crippen molar-refractivity contribution in [3.05, 3.63) is 70.5 Å². The molecule has 0 bridgehead atoms. The molecule has 0 amide bonds. The van der Waals surface area contributed by atoms with Crippen LogP contribution < -0.4 is 11.5 Å². The highest BCUT2D eigenvalue weighted by atomic mass is 32.2. The molecule has 0 radical (unpaired) electrons. The molecular weight excluding hydrogens is 336 g/mol. The third-order valence-corrected chi connectivity index (χ3v) is 4.95. The van der Waals surface area contributed by atoms with Crippen LogP contribution in [0.3, 0.4) is 0 Å². The van der Waals surface area contributed by atoms with E-state index in [1.807, 2.05) is 42.5 Å². The van der Waals surface area contributed by atoms with E-state index in [9.17, 15) is 10.5 Å². The van der Waals surface area contributed by atoms with E-state index in [-0.39, 0.29) is 5.57 Å². The Bertz CT molecular complexity index is 873. The minimum Gasteiger partial charge on any atom is -0.398 e. The molecule has 0 spiro atoms. The van der Waals surface area contributed by atoms with Gasteiger partial charge in [-0.1, -0.05) is 47.8 Å². The number of hydrogen-bond donors (Lipinski definition) is 2. The minimum absolute atomic E-state index is 0.285. The number of rotatable bonds is 5. The van der Waals surface area contributed by atoms with Gasteiger partial charge in [-0.3, -0.25) is 0 Å². The lowest BCUT2D eigenvalue weighted by atomic mass is 10.3. The quantitative estimate of drug-likeness (QED) is 0.355. The summed E-state index contributed by atoms with van der Waals surface area (Å²) in [6, 6.07) is 18.8. The Hall–Kier alpha value is -2.80. The van der Waals surface area contributed by atoms with E-state index in [0.29, 0.717) is 16.3 Å². The summed E-state index contributed by atoms with van der Waals surface area (Å²) in [6.45, 7) is 0. The predicted molar refractivity (Wildman–Crippen MR) is 101 cm³/mol. The second-order valence-corrected chi connectivity index (χ2v) is 6.56. The Balaban J connectivity index is 2.21. The van der Waals surface area contributed by atoms with Gasteiger partial charge >= 0.3 is 0 Å². The lowest BCUT2D eigenvalue weighted by Crippen LogP contribution is -1.88. The smallest absolute Gasteiger partial charge is 0.108 e. The maximum atomic E-state index is 9.36. The Labute approximate surface area is 149 Å². The third kappa shape index (κ3) is 4.60. The van der Waals surface area contributed by atoms with Crippen molar-refractivity contribution in [2.24, 2.45) is 0 Å². The second kappa shape index (κ2) is 8.73. The maximum Gasteiger partial charge on any atom is 0.108 e. The fourth-order valence-corrected chi connectivity index (χ4v) is 3.28. The molecule has 0 unspecified atom stereocenters. The summed E-state index contributed by atoms with van der Waals surface area (Å²) < 4.78 is 0. The molecule has 0 aliphatic carbocycles. The molecule has 0 fully saturated rings. The van der Waals surface area contributed by atoms with E-state index < -0.39 is 0 Å². The van der Waals surface area contributed by atoms with E-state index in [2.05, 4.69) is 12.1 Å². The first-order valence-corrected chi connectivity index (χ1v) is 8.60. The van der Waals surface area contributed by atoms with Crippen molar-refractivity contribution in [1.82, 2.24) is 0 Å². The predicted octanol–water partition coefficient (Wildman–Crippen LogP) is 4.55. The van der Waals surface area contributed by atoms with Crippen LogP contribution in [-0.4, -0.2) is 0 Å². The van der Waals surface area contributed by atoms with Crippen LogP contribution in [0.25, 0.3) is 0 Å². The Morgan fingerprint density at radius 2 is 1.46 bits per heavy atom. The van der Waals surface area contributed by atoms with Crippen molar-refractivity contribution in [3.63, 3.8) is 0 Å². The fraction of sp³-hybridized carbons (Fsp3) is 0. The number of nitriles is 2. The Morgan fingerprint density at radius 3 is 2.00 bits per heavy atom. The Kier molecular flexibility index (Phi) is 6.39. The van der Waals surface area contributed by atoms with Crippen LogP contribution in [0.1, 0.15) is 0 Å². The van der Waals surface area contributed by atoms with E-state index in [0.717, 1.165) is 9.79 Å². The molecule has 0 aliphatic rings. The van der Waals surface area contributed by atoms with Crippen LogP contribution >= 0.6 is 23.5 Å². The first kappa shape index (κ1) is 17.6. The summed E-state index contributed by atoms with van der Waals surface area (Å²) in [6.07, 6.45) is 1.61. The molecule has 0 heterocycles. The van der Waals surface area contributed by atoms with Crippen LogP contribution in [0.5, 0.6) is 0 Å². The van der Waals surface area contributed by atoms with Gasteiger partial charge in [-0.15, -0.1) is 0 Å². The summed E-state index contributed by atoms with van der Waals surface area (Å²) in [5.41, 5.74) is 13.3. The molecule has 2 aromatic carbocycles. The van der Waals surface area contributed by atoms with E-state index >= 15 is 0 Å². The SMILES string of the molecule is N#CC(C=CSc1ccccc1N)=C(C#N)Sc1ccccc1N. The zero-order chi connectivity index (χ0) is 17.4. The van der Waals surface area contributed by atoms with Crippen LogP contribution in [0.4, 0.5) is 11.4 Å². The van der Waals surface area contributed by atoms with Crippen LogP contribution in [0.15, 0.2) is 80.3 Å². The van der Waals surface area contributed by atoms with Gasteiger partial charge in [0.1, 0.15) is 17.0 Å². The molecule has 118 valence electrons. The number of para-hydroxylation sites is 2. The largest absolute Gasteiger partial charge is 0.398 e. The van der Waals surface area contributed by atoms with Crippen molar-refractivity contribution < 1.29 is 0 Å². The molecule has 0 aliphatic heterocycles. The molecule has 4 N–H and O–H groups in total. The summed E-state index contributed by atoms with van der Waals surface area (Å²) in [5.74, 6) is 0. The highest BCUT2D eigenvalue weighted by Crippen LogP contribution is 2.33. The number of allylic oxidation sites excluding steroid dienone is 3. The van der Waals surface area contributed by atoms with Crippen molar-refractivity contribution in [2.75, 3.05) is 11.5 Å². The summed E-state index contributed by atoms with van der Waals surface area (Å²) in [4.78, 5) is 1.94. The molecule has 0 aromatic heterocycles. The van der Waals surface area contributed by atoms with Gasteiger partial charge in [-0.2, -0.15) is 10.5 Å². The topological polar surface area (TPSA) is 99.6 Å². The molecular formula is C18H14N4S2. The summed E-state index contributed by atoms with van der Waals surface area (Å²) in [7, 11) is 0. The van der Waals surface area contributed by atoms with E-state index in [1.54, 1.807) is 17.6 Å². The summed E-state index contributed by atoms with van der Waals surface area (Å²) >= 11 is 2.58. The average Bonchev–Trinajstić information content (AvgIpc) is 2.60. The number of hydrogen-bond acceptors (Lipinski definition) is 6.